The summed E-state index contributed by atoms with van der Waals surface area (Å²) >= 11 is 0. The van der Waals surface area contributed by atoms with Crippen LogP contribution in [-0.4, -0.2) is 30.8 Å². The molecule has 1 aromatic heterocycles. The van der Waals surface area contributed by atoms with E-state index >= 15 is 0 Å². The monoisotopic (exact) mass is 345 g/mol. The van der Waals surface area contributed by atoms with Gasteiger partial charge >= 0.3 is 0 Å². The Balaban J connectivity index is 1.78. The second-order valence-corrected chi connectivity index (χ2v) is 6.30. The summed E-state index contributed by atoms with van der Waals surface area (Å²) in [5.74, 6) is 0.740. The van der Waals surface area contributed by atoms with Crippen LogP contribution >= 0.6 is 0 Å². The van der Waals surface area contributed by atoms with Gasteiger partial charge in [-0.2, -0.15) is 5.26 Å². The number of benzene rings is 2. The summed E-state index contributed by atoms with van der Waals surface area (Å²) in [6.45, 7) is 2.48. The van der Waals surface area contributed by atoms with Crippen LogP contribution in [0.3, 0.4) is 0 Å². The topological polar surface area (TPSA) is 71.1 Å². The lowest BCUT2D eigenvalue weighted by Gasteiger charge is -2.25. The third-order valence-corrected chi connectivity index (χ3v) is 4.61. The first-order valence-corrected chi connectivity index (χ1v) is 8.69. The molecule has 3 aromatic rings. The molecule has 130 valence electrons. The highest BCUT2D eigenvalue weighted by Crippen LogP contribution is 2.35. The predicted octanol–water partition coefficient (Wildman–Crippen LogP) is 3.41. The number of nitrogens with zero attached hydrogens (tertiary/aromatic N) is 2. The van der Waals surface area contributed by atoms with E-state index in [-0.39, 0.29) is 6.10 Å². The van der Waals surface area contributed by atoms with Crippen LogP contribution in [0.25, 0.3) is 22.5 Å². The molecule has 0 saturated carbocycles. The van der Waals surface area contributed by atoms with Crippen LogP contribution in [0.5, 0.6) is 0 Å². The van der Waals surface area contributed by atoms with Crippen molar-refractivity contribution < 1.29 is 9.15 Å². The number of hydrogen-bond acceptors (Lipinski definition) is 5. The molecule has 1 saturated heterocycles. The van der Waals surface area contributed by atoms with E-state index in [0.29, 0.717) is 5.56 Å². The minimum atomic E-state index is 0.140. The van der Waals surface area contributed by atoms with Crippen LogP contribution in [0, 0.1) is 11.3 Å². The third-order valence-electron chi connectivity index (χ3n) is 4.61. The highest BCUT2D eigenvalue weighted by Gasteiger charge is 2.20. The maximum atomic E-state index is 9.04. The van der Waals surface area contributed by atoms with E-state index in [1.165, 1.54) is 6.39 Å². The van der Waals surface area contributed by atoms with E-state index in [4.69, 9.17) is 14.4 Å². The molecule has 5 nitrogen and oxygen atoms in total. The van der Waals surface area contributed by atoms with E-state index in [1.54, 1.807) is 6.20 Å². The molecule has 0 bridgehead atoms. The van der Waals surface area contributed by atoms with Gasteiger partial charge < -0.3 is 14.5 Å². The van der Waals surface area contributed by atoms with Gasteiger partial charge in [0.2, 0.25) is 0 Å². The third kappa shape index (κ3) is 3.38. The smallest absolute Gasteiger partial charge is 0.181 e. The van der Waals surface area contributed by atoms with Gasteiger partial charge in [0.1, 0.15) is 0 Å². The minimum absolute atomic E-state index is 0.140. The fourth-order valence-electron chi connectivity index (χ4n) is 3.36. The lowest BCUT2D eigenvalue weighted by molar-refractivity contribution is 0.0293. The fourth-order valence-corrected chi connectivity index (χ4v) is 3.36. The van der Waals surface area contributed by atoms with Crippen LogP contribution in [0.4, 0.5) is 0 Å². The Hall–Kier alpha value is -2.94. The van der Waals surface area contributed by atoms with Crippen molar-refractivity contribution in [3.63, 3.8) is 0 Å². The normalized spacial score (nSPS) is 17.0. The number of hydrogen-bond donors (Lipinski definition) is 1. The van der Waals surface area contributed by atoms with E-state index in [1.807, 2.05) is 24.3 Å². The highest BCUT2D eigenvalue weighted by molar-refractivity contribution is 5.83. The van der Waals surface area contributed by atoms with E-state index in [2.05, 4.69) is 34.6 Å². The quantitative estimate of drug-likeness (QED) is 0.784. The molecular formula is C21H19N3O2. The van der Waals surface area contributed by atoms with E-state index in [9.17, 15) is 0 Å². The second-order valence-electron chi connectivity index (χ2n) is 6.30. The summed E-state index contributed by atoms with van der Waals surface area (Å²) < 4.78 is 11.5. The lowest BCUT2D eigenvalue weighted by atomic mass is 9.91. The number of rotatable bonds is 4. The Morgan fingerprint density at radius 1 is 1.19 bits per heavy atom. The van der Waals surface area contributed by atoms with Crippen molar-refractivity contribution in [1.29, 1.82) is 5.26 Å². The van der Waals surface area contributed by atoms with Gasteiger partial charge in [-0.25, -0.2) is 4.98 Å². The summed E-state index contributed by atoms with van der Waals surface area (Å²) in [6, 6.07) is 16.0. The van der Waals surface area contributed by atoms with Gasteiger partial charge in [-0.1, -0.05) is 30.3 Å². The number of aromatic nitrogens is 1. The van der Waals surface area contributed by atoms with Crippen molar-refractivity contribution in [3.8, 4) is 28.5 Å². The Morgan fingerprint density at radius 2 is 2.08 bits per heavy atom. The number of nitrogens with one attached hydrogen (secondary N) is 1. The Kier molecular flexibility index (Phi) is 4.78. The Morgan fingerprint density at radius 3 is 2.77 bits per heavy atom. The molecule has 5 heteroatoms. The summed E-state index contributed by atoms with van der Waals surface area (Å²) in [5, 5.41) is 12.4. The molecule has 0 amide bonds. The van der Waals surface area contributed by atoms with Gasteiger partial charge in [-0.15, -0.1) is 0 Å². The molecule has 1 fully saturated rings. The second kappa shape index (κ2) is 7.52. The maximum Gasteiger partial charge on any atom is 0.181 e. The lowest BCUT2D eigenvalue weighted by Crippen LogP contribution is -2.39. The van der Waals surface area contributed by atoms with Crippen molar-refractivity contribution >= 4 is 0 Å². The molecule has 4 rings (SSSR count). The molecular weight excluding hydrogens is 326 g/mol. The molecule has 2 heterocycles. The SMILES string of the molecule is N#Cc1ccc(-c2cccc(CC3CNCCO3)c2-c2cnco2)cc1. The van der Waals surface area contributed by atoms with Crippen LogP contribution in [0.15, 0.2) is 59.5 Å². The summed E-state index contributed by atoms with van der Waals surface area (Å²) in [4.78, 5) is 4.10. The average Bonchev–Trinajstić information content (AvgIpc) is 3.23. The molecule has 2 aromatic carbocycles. The summed E-state index contributed by atoms with van der Waals surface area (Å²) in [7, 11) is 0. The number of nitriles is 1. The molecule has 1 aliphatic rings. The zero-order valence-electron chi connectivity index (χ0n) is 14.3. The molecule has 0 radical (unpaired) electrons. The molecule has 1 N–H and O–H groups in total. The first-order valence-electron chi connectivity index (χ1n) is 8.69. The molecule has 1 unspecified atom stereocenters. The summed E-state index contributed by atoms with van der Waals surface area (Å²) in [6.07, 6.45) is 4.13. The Labute approximate surface area is 152 Å². The maximum absolute atomic E-state index is 9.04. The molecule has 26 heavy (non-hydrogen) atoms. The van der Waals surface area contributed by atoms with E-state index < -0.39 is 0 Å². The predicted molar refractivity (Wildman–Crippen MR) is 98.4 cm³/mol. The first kappa shape index (κ1) is 16.5. The average molecular weight is 345 g/mol. The van der Waals surface area contributed by atoms with Gasteiger partial charge in [0.25, 0.3) is 0 Å². The standard InChI is InChI=1S/C21H19N3O2/c22-11-15-4-6-16(7-5-15)19-3-1-2-17(10-18-12-23-8-9-25-18)21(19)20-13-24-14-26-20/h1-7,13-14,18,23H,8-10,12H2. The van der Waals surface area contributed by atoms with Crippen molar-refractivity contribution in [2.45, 2.75) is 12.5 Å². The molecule has 0 spiro atoms. The van der Waals surface area contributed by atoms with Crippen molar-refractivity contribution in [2.24, 2.45) is 0 Å². The number of ether oxygens (including phenoxy) is 1. The largest absolute Gasteiger partial charge is 0.443 e. The van der Waals surface area contributed by atoms with Crippen LogP contribution < -0.4 is 5.32 Å². The van der Waals surface area contributed by atoms with Crippen molar-refractivity contribution in [1.82, 2.24) is 10.3 Å². The highest BCUT2D eigenvalue weighted by atomic mass is 16.5. The number of oxazole rings is 1. The zero-order chi connectivity index (χ0) is 17.8. The van der Waals surface area contributed by atoms with Gasteiger partial charge in [0.15, 0.2) is 12.2 Å². The van der Waals surface area contributed by atoms with Gasteiger partial charge in [-0.3, -0.25) is 0 Å². The Bertz CT molecular complexity index is 905. The van der Waals surface area contributed by atoms with Gasteiger partial charge in [0.05, 0.1) is 30.5 Å². The van der Waals surface area contributed by atoms with Gasteiger partial charge in [0, 0.05) is 25.1 Å². The fraction of sp³-hybridized carbons (Fsp3) is 0.238. The summed E-state index contributed by atoms with van der Waals surface area (Å²) in [5.41, 5.74) is 4.95. The van der Waals surface area contributed by atoms with Crippen molar-refractivity contribution in [3.05, 3.63) is 66.2 Å². The van der Waals surface area contributed by atoms with Crippen LogP contribution in [0.1, 0.15) is 11.1 Å². The van der Waals surface area contributed by atoms with Crippen LogP contribution in [0.2, 0.25) is 0 Å². The molecule has 0 aliphatic carbocycles. The van der Waals surface area contributed by atoms with Crippen molar-refractivity contribution in [2.75, 3.05) is 19.7 Å². The zero-order valence-corrected chi connectivity index (χ0v) is 14.3. The number of morpholine rings is 1. The molecule has 1 atom stereocenters. The van der Waals surface area contributed by atoms with E-state index in [0.717, 1.165) is 54.1 Å². The minimum Gasteiger partial charge on any atom is -0.443 e. The molecule has 1 aliphatic heterocycles. The van der Waals surface area contributed by atoms with Crippen LogP contribution in [-0.2, 0) is 11.2 Å². The first-order chi connectivity index (χ1) is 12.8. The van der Waals surface area contributed by atoms with Gasteiger partial charge in [-0.05, 0) is 28.8 Å².